The third-order valence-corrected chi connectivity index (χ3v) is 3.47. The van der Waals surface area contributed by atoms with Crippen LogP contribution in [0.4, 0.5) is 4.39 Å². The molecular formula is C14H17FN2O. The van der Waals surface area contributed by atoms with Crippen LogP contribution in [0.5, 0.6) is 0 Å². The monoisotopic (exact) mass is 248 g/mol. The fourth-order valence-corrected chi connectivity index (χ4v) is 2.41. The van der Waals surface area contributed by atoms with Crippen molar-refractivity contribution in [2.45, 2.75) is 12.3 Å². The van der Waals surface area contributed by atoms with E-state index < -0.39 is 5.82 Å². The van der Waals surface area contributed by atoms with Crippen molar-refractivity contribution in [3.8, 4) is 6.07 Å². The van der Waals surface area contributed by atoms with Crippen LogP contribution >= 0.6 is 0 Å². The summed E-state index contributed by atoms with van der Waals surface area (Å²) in [4.78, 5) is 2.34. The van der Waals surface area contributed by atoms with Gasteiger partial charge in [-0.2, -0.15) is 5.26 Å². The number of nitrogens with zero attached hydrogens (tertiary/aromatic N) is 2. The number of ether oxygens (including phenoxy) is 1. The topological polar surface area (TPSA) is 36.3 Å². The molecule has 0 radical (unpaired) electrons. The molecule has 0 saturated carbocycles. The minimum Gasteiger partial charge on any atom is -0.383 e. The van der Waals surface area contributed by atoms with Gasteiger partial charge < -0.3 is 9.64 Å². The van der Waals surface area contributed by atoms with Crippen molar-refractivity contribution in [2.24, 2.45) is 0 Å². The first-order chi connectivity index (χ1) is 8.74. The summed E-state index contributed by atoms with van der Waals surface area (Å²) in [6.45, 7) is 3.66. The van der Waals surface area contributed by atoms with Crippen LogP contribution in [0.2, 0.25) is 0 Å². The summed E-state index contributed by atoms with van der Waals surface area (Å²) in [5.74, 6) is -0.0370. The molecule has 1 fully saturated rings. The Balaban J connectivity index is 2.03. The van der Waals surface area contributed by atoms with E-state index in [0.717, 1.165) is 38.2 Å². The molecule has 96 valence electrons. The van der Waals surface area contributed by atoms with Gasteiger partial charge in [0.2, 0.25) is 0 Å². The summed E-state index contributed by atoms with van der Waals surface area (Å²) >= 11 is 0. The molecule has 0 spiro atoms. The minimum atomic E-state index is -0.435. The van der Waals surface area contributed by atoms with E-state index in [2.05, 4.69) is 4.90 Å². The van der Waals surface area contributed by atoms with Crippen molar-refractivity contribution in [1.82, 2.24) is 4.90 Å². The van der Waals surface area contributed by atoms with Crippen molar-refractivity contribution in [1.29, 1.82) is 5.26 Å². The average Bonchev–Trinajstić information content (AvgIpc) is 2.85. The van der Waals surface area contributed by atoms with Crippen LogP contribution < -0.4 is 0 Å². The highest BCUT2D eigenvalue weighted by Crippen LogP contribution is 2.28. The molecule has 0 aromatic heterocycles. The molecule has 2 rings (SSSR count). The number of methoxy groups -OCH3 is 1. The lowest BCUT2D eigenvalue weighted by Gasteiger charge is -2.15. The number of likely N-dealkylation sites (tertiary alicyclic amines) is 1. The van der Waals surface area contributed by atoms with E-state index in [1.807, 2.05) is 6.07 Å². The molecule has 3 nitrogen and oxygen atoms in total. The van der Waals surface area contributed by atoms with Gasteiger partial charge in [0.25, 0.3) is 0 Å². The van der Waals surface area contributed by atoms with E-state index in [4.69, 9.17) is 10.00 Å². The van der Waals surface area contributed by atoms with Crippen LogP contribution in [0.25, 0.3) is 0 Å². The van der Waals surface area contributed by atoms with E-state index in [-0.39, 0.29) is 5.56 Å². The Morgan fingerprint density at radius 2 is 2.39 bits per heavy atom. The van der Waals surface area contributed by atoms with E-state index in [1.165, 1.54) is 6.07 Å². The summed E-state index contributed by atoms with van der Waals surface area (Å²) in [6, 6.07) is 6.76. The van der Waals surface area contributed by atoms with Crippen LogP contribution in [0.1, 0.15) is 23.5 Å². The highest BCUT2D eigenvalue weighted by Gasteiger charge is 2.24. The van der Waals surface area contributed by atoms with Gasteiger partial charge in [-0.1, -0.05) is 6.07 Å². The number of halogens is 1. The molecule has 1 saturated heterocycles. The lowest BCUT2D eigenvalue weighted by molar-refractivity contribution is 0.160. The lowest BCUT2D eigenvalue weighted by atomic mass is 9.97. The van der Waals surface area contributed by atoms with Gasteiger partial charge in [-0.3, -0.25) is 0 Å². The smallest absolute Gasteiger partial charge is 0.140 e. The first-order valence-electron chi connectivity index (χ1n) is 6.15. The molecular weight excluding hydrogens is 231 g/mol. The van der Waals surface area contributed by atoms with Gasteiger partial charge in [0.15, 0.2) is 0 Å². The number of hydrogen-bond acceptors (Lipinski definition) is 3. The van der Waals surface area contributed by atoms with Crippen LogP contribution in [0, 0.1) is 17.1 Å². The zero-order valence-electron chi connectivity index (χ0n) is 10.5. The third-order valence-electron chi connectivity index (χ3n) is 3.47. The van der Waals surface area contributed by atoms with Crippen molar-refractivity contribution in [2.75, 3.05) is 33.4 Å². The second-order valence-electron chi connectivity index (χ2n) is 4.63. The highest BCUT2D eigenvalue weighted by molar-refractivity contribution is 5.36. The van der Waals surface area contributed by atoms with Crippen LogP contribution in [-0.4, -0.2) is 38.3 Å². The number of rotatable bonds is 4. The van der Waals surface area contributed by atoms with Gasteiger partial charge in [-0.15, -0.1) is 0 Å². The van der Waals surface area contributed by atoms with E-state index in [9.17, 15) is 4.39 Å². The van der Waals surface area contributed by atoms with Crippen molar-refractivity contribution < 1.29 is 9.13 Å². The Morgan fingerprint density at radius 1 is 1.56 bits per heavy atom. The normalized spacial score (nSPS) is 19.9. The van der Waals surface area contributed by atoms with Gasteiger partial charge in [0.1, 0.15) is 11.9 Å². The Labute approximate surface area is 107 Å². The molecule has 0 unspecified atom stereocenters. The molecule has 1 aromatic carbocycles. The van der Waals surface area contributed by atoms with E-state index in [0.29, 0.717) is 5.92 Å². The number of benzene rings is 1. The molecule has 1 atom stereocenters. The maximum absolute atomic E-state index is 13.3. The maximum atomic E-state index is 13.3. The van der Waals surface area contributed by atoms with Crippen LogP contribution in [0.15, 0.2) is 18.2 Å². The molecule has 0 N–H and O–H groups in total. The number of hydrogen-bond donors (Lipinski definition) is 0. The first-order valence-corrected chi connectivity index (χ1v) is 6.15. The first kappa shape index (κ1) is 13.0. The Bertz CT molecular complexity index is 456. The molecule has 18 heavy (non-hydrogen) atoms. The number of nitriles is 1. The van der Waals surface area contributed by atoms with Crippen molar-refractivity contribution in [3.05, 3.63) is 35.1 Å². The molecule has 1 aliphatic rings. The summed E-state index contributed by atoms with van der Waals surface area (Å²) in [7, 11) is 1.70. The van der Waals surface area contributed by atoms with Gasteiger partial charge in [0.05, 0.1) is 12.2 Å². The fourth-order valence-electron chi connectivity index (χ4n) is 2.41. The maximum Gasteiger partial charge on any atom is 0.140 e. The quantitative estimate of drug-likeness (QED) is 0.819. The molecule has 4 heteroatoms. The van der Waals surface area contributed by atoms with Crippen LogP contribution in [-0.2, 0) is 4.74 Å². The highest BCUT2D eigenvalue weighted by atomic mass is 19.1. The van der Waals surface area contributed by atoms with Crippen LogP contribution in [0.3, 0.4) is 0 Å². The van der Waals surface area contributed by atoms with Crippen molar-refractivity contribution in [3.63, 3.8) is 0 Å². The summed E-state index contributed by atoms with van der Waals surface area (Å²) in [6.07, 6.45) is 1.06. The fraction of sp³-hybridized carbons (Fsp3) is 0.500. The molecule has 0 amide bonds. The van der Waals surface area contributed by atoms with Gasteiger partial charge in [0, 0.05) is 20.2 Å². The van der Waals surface area contributed by atoms with E-state index >= 15 is 0 Å². The molecule has 0 aliphatic carbocycles. The Kier molecular flexibility index (Phi) is 4.29. The Hall–Kier alpha value is -1.44. The van der Waals surface area contributed by atoms with Gasteiger partial charge in [-0.05, 0) is 36.6 Å². The predicted molar refractivity (Wildman–Crippen MR) is 66.8 cm³/mol. The zero-order chi connectivity index (χ0) is 13.0. The largest absolute Gasteiger partial charge is 0.383 e. The van der Waals surface area contributed by atoms with Gasteiger partial charge >= 0.3 is 0 Å². The second kappa shape index (κ2) is 5.94. The minimum absolute atomic E-state index is 0.142. The summed E-state index contributed by atoms with van der Waals surface area (Å²) in [5.41, 5.74) is 1.20. The predicted octanol–water partition coefficient (Wildman–Crippen LogP) is 2.13. The molecule has 1 aromatic rings. The average molecular weight is 248 g/mol. The molecule has 1 heterocycles. The lowest BCUT2D eigenvalue weighted by Crippen LogP contribution is -2.24. The van der Waals surface area contributed by atoms with Crippen molar-refractivity contribution >= 4 is 0 Å². The molecule has 0 bridgehead atoms. The summed E-state index contributed by atoms with van der Waals surface area (Å²) in [5, 5.41) is 8.84. The second-order valence-corrected chi connectivity index (χ2v) is 4.63. The third kappa shape index (κ3) is 2.87. The van der Waals surface area contributed by atoms with Gasteiger partial charge in [-0.25, -0.2) is 4.39 Å². The zero-order valence-corrected chi connectivity index (χ0v) is 10.5. The van der Waals surface area contributed by atoms with E-state index in [1.54, 1.807) is 19.2 Å². The standard InChI is InChI=1S/C14H17FN2O/c1-18-7-6-17-5-4-12(10-17)11-2-3-14(15)13(8-11)9-16/h2-3,8,12H,4-7,10H2,1H3/t12-/m0/s1. The molecule has 1 aliphatic heterocycles. The summed E-state index contributed by atoms with van der Waals surface area (Å²) < 4.78 is 18.3. The SMILES string of the molecule is COCCN1CC[C@H](c2ccc(F)c(C#N)c2)C1. The Morgan fingerprint density at radius 3 is 3.11 bits per heavy atom.